The van der Waals surface area contributed by atoms with Crippen molar-refractivity contribution in [3.63, 3.8) is 0 Å². The minimum atomic E-state index is -0.00893. The summed E-state index contributed by atoms with van der Waals surface area (Å²) in [5.74, 6) is 3.32. The average molecular weight is 245 g/mol. The smallest absolute Gasteiger partial charge is 0.224 e. The number of ether oxygens (including phenoxy) is 1. The van der Waals surface area contributed by atoms with E-state index in [9.17, 15) is 4.79 Å². The Hall–Kier alpha value is -1.95. The van der Waals surface area contributed by atoms with Crippen LogP contribution in [-0.4, -0.2) is 19.1 Å². The number of benzene rings is 1. The number of terminal acetylenes is 1. The second-order valence-electron chi connectivity index (χ2n) is 4.11. The largest absolute Gasteiger partial charge is 0.497 e. The molecule has 0 saturated carbocycles. The topological polar surface area (TPSA) is 38.3 Å². The Labute approximate surface area is 109 Å². The number of amides is 1. The van der Waals surface area contributed by atoms with Gasteiger partial charge in [0, 0.05) is 12.5 Å². The first-order valence-corrected chi connectivity index (χ1v) is 6.05. The minimum absolute atomic E-state index is 0.00893. The molecular formula is C15H19NO2. The van der Waals surface area contributed by atoms with Crippen LogP contribution in [0.4, 0.5) is 0 Å². The lowest BCUT2D eigenvalue weighted by Crippen LogP contribution is -2.35. The molecule has 0 bridgehead atoms. The van der Waals surface area contributed by atoms with Crippen LogP contribution >= 0.6 is 0 Å². The van der Waals surface area contributed by atoms with Crippen molar-refractivity contribution in [2.24, 2.45) is 0 Å². The predicted octanol–water partition coefficient (Wildman–Crippen LogP) is 2.16. The molecule has 1 rings (SSSR count). The number of methoxy groups -OCH3 is 1. The van der Waals surface area contributed by atoms with Crippen LogP contribution in [0.5, 0.6) is 5.75 Å². The molecule has 0 aromatic heterocycles. The maximum Gasteiger partial charge on any atom is 0.224 e. The molecule has 96 valence electrons. The van der Waals surface area contributed by atoms with Gasteiger partial charge < -0.3 is 10.1 Å². The van der Waals surface area contributed by atoms with E-state index in [4.69, 9.17) is 11.2 Å². The molecule has 0 aliphatic heterocycles. The highest BCUT2D eigenvalue weighted by Gasteiger charge is 2.10. The molecule has 3 heteroatoms. The van der Waals surface area contributed by atoms with Crippen molar-refractivity contribution in [2.45, 2.75) is 32.2 Å². The summed E-state index contributed by atoms with van der Waals surface area (Å²) in [6.07, 6.45) is 7.01. The Morgan fingerprint density at radius 2 is 2.33 bits per heavy atom. The van der Waals surface area contributed by atoms with Crippen LogP contribution < -0.4 is 10.1 Å². The maximum atomic E-state index is 11.8. The molecule has 3 nitrogen and oxygen atoms in total. The molecule has 1 aromatic rings. The molecule has 1 atom stereocenters. The van der Waals surface area contributed by atoms with Crippen molar-refractivity contribution in [2.75, 3.05) is 7.11 Å². The van der Waals surface area contributed by atoms with Crippen molar-refractivity contribution >= 4 is 5.91 Å². The summed E-state index contributed by atoms with van der Waals surface area (Å²) in [4.78, 5) is 11.8. The number of nitrogens with one attached hydrogen (secondary N) is 1. The van der Waals surface area contributed by atoms with Gasteiger partial charge in [-0.15, -0.1) is 12.3 Å². The third-order valence-corrected chi connectivity index (χ3v) is 2.72. The summed E-state index contributed by atoms with van der Waals surface area (Å²) in [6, 6.07) is 7.56. The van der Waals surface area contributed by atoms with Crippen molar-refractivity contribution in [1.29, 1.82) is 0 Å². The Morgan fingerprint density at radius 1 is 1.56 bits per heavy atom. The fourth-order valence-corrected chi connectivity index (χ4v) is 1.69. The summed E-state index contributed by atoms with van der Waals surface area (Å²) in [6.45, 7) is 2.01. The number of hydrogen-bond donors (Lipinski definition) is 1. The molecule has 0 radical (unpaired) electrons. The summed E-state index contributed by atoms with van der Waals surface area (Å²) in [5.41, 5.74) is 0.933. The van der Waals surface area contributed by atoms with E-state index in [1.165, 1.54) is 0 Å². The van der Waals surface area contributed by atoms with E-state index < -0.39 is 0 Å². The zero-order valence-corrected chi connectivity index (χ0v) is 10.9. The first-order valence-electron chi connectivity index (χ1n) is 6.05. The number of carbonyl (C=O) groups is 1. The second kappa shape index (κ2) is 7.39. The van der Waals surface area contributed by atoms with Crippen LogP contribution in [0.15, 0.2) is 24.3 Å². The van der Waals surface area contributed by atoms with Crippen molar-refractivity contribution in [1.82, 2.24) is 5.32 Å². The highest BCUT2D eigenvalue weighted by atomic mass is 16.5. The Bertz CT molecular complexity index is 434. The Balaban J connectivity index is 2.56. The fraction of sp³-hybridized carbons (Fsp3) is 0.400. The van der Waals surface area contributed by atoms with Crippen LogP contribution in [0.3, 0.4) is 0 Å². The first kappa shape index (κ1) is 14.1. The molecule has 0 aliphatic rings. The number of hydrogen-bond acceptors (Lipinski definition) is 2. The van der Waals surface area contributed by atoms with Crippen LogP contribution in [0.2, 0.25) is 0 Å². The molecule has 0 aliphatic carbocycles. The molecule has 0 heterocycles. The van der Waals surface area contributed by atoms with Gasteiger partial charge in [0.25, 0.3) is 0 Å². The molecule has 18 heavy (non-hydrogen) atoms. The van der Waals surface area contributed by atoms with Crippen LogP contribution in [0, 0.1) is 12.3 Å². The van der Waals surface area contributed by atoms with E-state index in [0.717, 1.165) is 17.7 Å². The van der Waals surface area contributed by atoms with E-state index in [0.29, 0.717) is 12.8 Å². The summed E-state index contributed by atoms with van der Waals surface area (Å²) in [5, 5.41) is 2.93. The zero-order valence-electron chi connectivity index (χ0n) is 10.9. The van der Waals surface area contributed by atoms with E-state index in [-0.39, 0.29) is 11.9 Å². The molecule has 1 N–H and O–H groups in total. The molecule has 1 aromatic carbocycles. The SMILES string of the molecule is C#CCC(CC)NC(=O)Cc1cccc(OC)c1. The van der Waals surface area contributed by atoms with Gasteiger partial charge in [-0.1, -0.05) is 19.1 Å². The highest BCUT2D eigenvalue weighted by molar-refractivity contribution is 5.79. The molecule has 1 amide bonds. The lowest BCUT2D eigenvalue weighted by molar-refractivity contribution is -0.121. The maximum absolute atomic E-state index is 11.8. The Kier molecular flexibility index (Phi) is 5.79. The van der Waals surface area contributed by atoms with Crippen molar-refractivity contribution in [3.8, 4) is 18.1 Å². The van der Waals surface area contributed by atoms with Gasteiger partial charge in [0.2, 0.25) is 5.91 Å². The third kappa shape index (κ3) is 4.50. The molecule has 1 unspecified atom stereocenters. The van der Waals surface area contributed by atoms with Gasteiger partial charge in [-0.2, -0.15) is 0 Å². The monoisotopic (exact) mass is 245 g/mol. The van der Waals surface area contributed by atoms with Gasteiger partial charge in [0.15, 0.2) is 0 Å². The predicted molar refractivity (Wildman–Crippen MR) is 72.4 cm³/mol. The van der Waals surface area contributed by atoms with E-state index in [1.54, 1.807) is 7.11 Å². The van der Waals surface area contributed by atoms with E-state index in [1.807, 2.05) is 31.2 Å². The second-order valence-corrected chi connectivity index (χ2v) is 4.11. The van der Waals surface area contributed by atoms with Gasteiger partial charge >= 0.3 is 0 Å². The number of carbonyl (C=O) groups excluding carboxylic acids is 1. The van der Waals surface area contributed by atoms with Crippen LogP contribution in [-0.2, 0) is 11.2 Å². The molecular weight excluding hydrogens is 226 g/mol. The van der Waals surface area contributed by atoms with Gasteiger partial charge in [-0.3, -0.25) is 4.79 Å². The standard InChI is InChI=1S/C15H19NO2/c1-4-7-13(5-2)16-15(17)11-12-8-6-9-14(10-12)18-3/h1,6,8-10,13H,5,7,11H2,2-3H3,(H,16,17). The quantitative estimate of drug-likeness (QED) is 0.780. The molecule has 0 saturated heterocycles. The molecule has 0 fully saturated rings. The van der Waals surface area contributed by atoms with Crippen molar-refractivity contribution in [3.05, 3.63) is 29.8 Å². The van der Waals surface area contributed by atoms with Gasteiger partial charge in [-0.25, -0.2) is 0 Å². The van der Waals surface area contributed by atoms with E-state index in [2.05, 4.69) is 11.2 Å². The summed E-state index contributed by atoms with van der Waals surface area (Å²) >= 11 is 0. The van der Waals surface area contributed by atoms with Crippen LogP contribution in [0.25, 0.3) is 0 Å². The van der Waals surface area contributed by atoms with Gasteiger partial charge in [-0.05, 0) is 24.1 Å². The number of rotatable bonds is 6. The highest BCUT2D eigenvalue weighted by Crippen LogP contribution is 2.13. The van der Waals surface area contributed by atoms with Crippen molar-refractivity contribution < 1.29 is 9.53 Å². The summed E-state index contributed by atoms with van der Waals surface area (Å²) in [7, 11) is 1.61. The lowest BCUT2D eigenvalue weighted by atomic mass is 10.1. The Morgan fingerprint density at radius 3 is 2.94 bits per heavy atom. The first-order chi connectivity index (χ1) is 8.69. The van der Waals surface area contributed by atoms with E-state index >= 15 is 0 Å². The zero-order chi connectivity index (χ0) is 13.4. The van der Waals surface area contributed by atoms with Crippen LogP contribution in [0.1, 0.15) is 25.3 Å². The third-order valence-electron chi connectivity index (χ3n) is 2.72. The average Bonchev–Trinajstić information content (AvgIpc) is 2.38. The van der Waals surface area contributed by atoms with Gasteiger partial charge in [0.05, 0.1) is 13.5 Å². The fourth-order valence-electron chi connectivity index (χ4n) is 1.69. The van der Waals surface area contributed by atoms with Gasteiger partial charge in [0.1, 0.15) is 5.75 Å². The lowest BCUT2D eigenvalue weighted by Gasteiger charge is -2.14. The summed E-state index contributed by atoms with van der Waals surface area (Å²) < 4.78 is 5.12. The minimum Gasteiger partial charge on any atom is -0.497 e. The molecule has 0 spiro atoms. The normalized spacial score (nSPS) is 11.4.